The Labute approximate surface area is 126 Å². The lowest BCUT2D eigenvalue weighted by Gasteiger charge is -2.27. The van der Waals surface area contributed by atoms with Crippen LogP contribution in [0, 0.1) is 11.6 Å². The first-order chi connectivity index (χ1) is 10.1. The molecule has 1 unspecified atom stereocenters. The van der Waals surface area contributed by atoms with Gasteiger partial charge in [-0.15, -0.1) is 0 Å². The van der Waals surface area contributed by atoms with E-state index in [9.17, 15) is 8.78 Å². The molecule has 0 radical (unpaired) electrons. The molecular formula is C16H12F2N2S. The molecule has 21 heavy (non-hydrogen) atoms. The smallest absolute Gasteiger partial charge is 0.150 e. The maximum absolute atomic E-state index is 14.2. The van der Waals surface area contributed by atoms with E-state index in [4.69, 9.17) is 12.2 Å². The molecule has 106 valence electrons. The third kappa shape index (κ3) is 2.34. The SMILES string of the molecule is CC1N=Cc2ccccc2N(c2c(F)cccc2F)C1=S. The van der Waals surface area contributed by atoms with Crippen LogP contribution in [0.2, 0.25) is 0 Å². The molecule has 1 atom stereocenters. The Morgan fingerprint density at radius 1 is 1.05 bits per heavy atom. The van der Waals surface area contributed by atoms with Crippen LogP contribution in [0.25, 0.3) is 0 Å². The van der Waals surface area contributed by atoms with E-state index in [1.54, 1.807) is 25.3 Å². The van der Waals surface area contributed by atoms with Crippen molar-refractivity contribution in [3.63, 3.8) is 0 Å². The molecule has 5 heteroatoms. The standard InChI is InChI=1S/C16H12F2N2S/c1-10-16(21)20(15-12(17)6-4-7-13(15)18)14-8-3-2-5-11(14)9-19-10/h2-10H,1H3. The number of para-hydroxylation sites is 2. The van der Waals surface area contributed by atoms with E-state index < -0.39 is 11.6 Å². The molecule has 0 aliphatic carbocycles. The zero-order valence-electron chi connectivity index (χ0n) is 11.3. The van der Waals surface area contributed by atoms with Crippen LogP contribution in [0.4, 0.5) is 20.2 Å². The summed E-state index contributed by atoms with van der Waals surface area (Å²) in [6.45, 7) is 1.80. The number of rotatable bonds is 1. The van der Waals surface area contributed by atoms with Crippen molar-refractivity contribution in [3.8, 4) is 0 Å². The number of halogens is 2. The Morgan fingerprint density at radius 2 is 1.71 bits per heavy atom. The highest BCUT2D eigenvalue weighted by molar-refractivity contribution is 7.80. The maximum Gasteiger partial charge on any atom is 0.150 e. The predicted molar refractivity (Wildman–Crippen MR) is 84.6 cm³/mol. The van der Waals surface area contributed by atoms with E-state index in [0.717, 1.165) is 5.56 Å². The van der Waals surface area contributed by atoms with Crippen molar-refractivity contribution in [2.45, 2.75) is 13.0 Å². The molecule has 0 N–H and O–H groups in total. The van der Waals surface area contributed by atoms with Crippen molar-refractivity contribution in [2.24, 2.45) is 4.99 Å². The van der Waals surface area contributed by atoms with Crippen molar-refractivity contribution in [2.75, 3.05) is 4.90 Å². The Bertz CT molecular complexity index is 723. The van der Waals surface area contributed by atoms with Gasteiger partial charge in [0.25, 0.3) is 0 Å². The van der Waals surface area contributed by atoms with Gasteiger partial charge in [0.05, 0.1) is 11.7 Å². The van der Waals surface area contributed by atoms with Crippen molar-refractivity contribution < 1.29 is 8.78 Å². The van der Waals surface area contributed by atoms with E-state index in [2.05, 4.69) is 4.99 Å². The number of aliphatic imine (C=N–C) groups is 1. The number of anilines is 2. The number of thiocarbonyl (C=S) groups is 1. The summed E-state index contributed by atoms with van der Waals surface area (Å²) in [4.78, 5) is 6.13. The summed E-state index contributed by atoms with van der Waals surface area (Å²) < 4.78 is 28.4. The van der Waals surface area contributed by atoms with Gasteiger partial charge in [0.1, 0.15) is 22.3 Å². The third-order valence-corrected chi connectivity index (χ3v) is 3.88. The van der Waals surface area contributed by atoms with Crippen molar-refractivity contribution in [1.82, 2.24) is 0 Å². The molecule has 3 rings (SSSR count). The van der Waals surface area contributed by atoms with Gasteiger partial charge in [-0.3, -0.25) is 9.89 Å². The van der Waals surface area contributed by atoms with Gasteiger partial charge in [0.2, 0.25) is 0 Å². The molecule has 2 nitrogen and oxygen atoms in total. The lowest BCUT2D eigenvalue weighted by atomic mass is 10.1. The maximum atomic E-state index is 14.2. The predicted octanol–water partition coefficient (Wildman–Crippen LogP) is 4.25. The minimum absolute atomic E-state index is 0.160. The highest BCUT2D eigenvalue weighted by atomic mass is 32.1. The molecular weight excluding hydrogens is 290 g/mol. The fourth-order valence-corrected chi connectivity index (χ4v) is 2.55. The lowest BCUT2D eigenvalue weighted by molar-refractivity contribution is 0.586. The van der Waals surface area contributed by atoms with Crippen LogP contribution >= 0.6 is 12.2 Å². The largest absolute Gasteiger partial charge is 0.297 e. The molecule has 0 bridgehead atoms. The molecule has 1 heterocycles. The number of fused-ring (bicyclic) bond motifs is 1. The van der Waals surface area contributed by atoms with Gasteiger partial charge in [0, 0.05) is 11.8 Å². The van der Waals surface area contributed by atoms with Gasteiger partial charge in [-0.25, -0.2) is 8.78 Å². The van der Waals surface area contributed by atoms with Crippen molar-refractivity contribution in [3.05, 3.63) is 59.7 Å². The van der Waals surface area contributed by atoms with Crippen LogP contribution in [-0.4, -0.2) is 17.2 Å². The number of hydrogen-bond donors (Lipinski definition) is 0. The molecule has 1 aliphatic heterocycles. The molecule has 1 aliphatic rings. The van der Waals surface area contributed by atoms with Gasteiger partial charge in [-0.05, 0) is 25.1 Å². The molecule has 2 aromatic rings. The summed E-state index contributed by atoms with van der Waals surface area (Å²) in [7, 11) is 0. The molecule has 0 fully saturated rings. The van der Waals surface area contributed by atoms with Crippen LogP contribution < -0.4 is 4.90 Å². The second-order valence-electron chi connectivity index (χ2n) is 4.76. The minimum Gasteiger partial charge on any atom is -0.297 e. The topological polar surface area (TPSA) is 15.6 Å². The van der Waals surface area contributed by atoms with E-state index in [1.165, 1.54) is 23.1 Å². The summed E-state index contributed by atoms with van der Waals surface area (Å²) in [6, 6.07) is 10.7. The third-order valence-electron chi connectivity index (χ3n) is 3.35. The van der Waals surface area contributed by atoms with Crippen molar-refractivity contribution in [1.29, 1.82) is 0 Å². The first kappa shape index (κ1) is 13.8. The van der Waals surface area contributed by atoms with Crippen LogP contribution in [0.15, 0.2) is 47.5 Å². The number of benzodiazepines with no additional fused rings is 1. The molecule has 0 saturated carbocycles. The van der Waals surface area contributed by atoms with Gasteiger partial charge < -0.3 is 0 Å². The number of nitrogens with zero attached hydrogens (tertiary/aromatic N) is 2. The summed E-state index contributed by atoms with van der Waals surface area (Å²) in [5.74, 6) is -1.30. The molecule has 0 aromatic heterocycles. The zero-order valence-corrected chi connectivity index (χ0v) is 12.1. The van der Waals surface area contributed by atoms with Gasteiger partial charge in [0.15, 0.2) is 0 Å². The van der Waals surface area contributed by atoms with Crippen LogP contribution in [-0.2, 0) is 0 Å². The van der Waals surface area contributed by atoms with Crippen molar-refractivity contribution >= 4 is 34.8 Å². The molecule has 2 aromatic carbocycles. The number of hydrogen-bond acceptors (Lipinski definition) is 2. The summed E-state index contributed by atoms with van der Waals surface area (Å²) in [5, 5.41) is 0. The average Bonchev–Trinajstić information content (AvgIpc) is 2.59. The second kappa shape index (κ2) is 5.33. The highest BCUT2D eigenvalue weighted by Crippen LogP contribution is 2.35. The summed E-state index contributed by atoms with van der Waals surface area (Å²) >= 11 is 5.39. The molecule has 0 amide bonds. The molecule has 0 saturated heterocycles. The lowest BCUT2D eigenvalue weighted by Crippen LogP contribution is -2.32. The Hall–Kier alpha value is -2.14. The molecule has 0 spiro atoms. The quantitative estimate of drug-likeness (QED) is 0.732. The normalized spacial score (nSPS) is 17.6. The summed E-state index contributed by atoms with van der Waals surface area (Å²) in [5.41, 5.74) is 1.23. The fourth-order valence-electron chi connectivity index (χ4n) is 2.30. The van der Waals surface area contributed by atoms with E-state index in [-0.39, 0.29) is 11.7 Å². The minimum atomic E-state index is -0.652. The monoisotopic (exact) mass is 302 g/mol. The van der Waals surface area contributed by atoms with E-state index in [1.807, 2.05) is 12.1 Å². The second-order valence-corrected chi connectivity index (χ2v) is 5.18. The van der Waals surface area contributed by atoms with E-state index in [0.29, 0.717) is 10.7 Å². The van der Waals surface area contributed by atoms with Gasteiger partial charge in [-0.1, -0.05) is 36.5 Å². The summed E-state index contributed by atoms with van der Waals surface area (Å²) in [6.07, 6.45) is 1.69. The Balaban J connectivity index is 2.27. The van der Waals surface area contributed by atoms with E-state index >= 15 is 0 Å². The Kier molecular flexibility index (Phi) is 3.51. The zero-order chi connectivity index (χ0) is 15.0. The van der Waals surface area contributed by atoms with Gasteiger partial charge >= 0.3 is 0 Å². The Morgan fingerprint density at radius 3 is 2.43 bits per heavy atom. The number of benzene rings is 2. The average molecular weight is 302 g/mol. The first-order valence-corrected chi connectivity index (χ1v) is 6.90. The van der Waals surface area contributed by atoms with Crippen LogP contribution in [0.1, 0.15) is 12.5 Å². The fraction of sp³-hybridized carbons (Fsp3) is 0.125. The highest BCUT2D eigenvalue weighted by Gasteiger charge is 2.27. The van der Waals surface area contributed by atoms with Crippen LogP contribution in [0.3, 0.4) is 0 Å². The first-order valence-electron chi connectivity index (χ1n) is 6.50. The van der Waals surface area contributed by atoms with Crippen LogP contribution in [0.5, 0.6) is 0 Å². The van der Waals surface area contributed by atoms with Gasteiger partial charge in [-0.2, -0.15) is 0 Å².